The first kappa shape index (κ1) is 15.4. The second-order valence-corrected chi connectivity index (χ2v) is 7.25. The van der Waals surface area contributed by atoms with Crippen molar-refractivity contribution in [2.45, 2.75) is 44.3 Å². The summed E-state index contributed by atoms with van der Waals surface area (Å²) in [6, 6.07) is 5.21. The first-order valence-corrected chi connectivity index (χ1v) is 8.54. The van der Waals surface area contributed by atoms with Crippen LogP contribution >= 0.6 is 11.6 Å². The van der Waals surface area contributed by atoms with E-state index < -0.39 is 11.6 Å². The molecular weight excluding hydrogens is 330 g/mol. The van der Waals surface area contributed by atoms with Gasteiger partial charge in [0, 0.05) is 24.5 Å². The summed E-state index contributed by atoms with van der Waals surface area (Å²) in [6.07, 6.45) is 2.42. The summed E-state index contributed by atoms with van der Waals surface area (Å²) in [7, 11) is 0. The van der Waals surface area contributed by atoms with Gasteiger partial charge in [-0.2, -0.15) is 0 Å². The van der Waals surface area contributed by atoms with E-state index in [4.69, 9.17) is 11.6 Å². The molecule has 2 aliphatic heterocycles. The Balaban J connectivity index is 1.42. The maximum Gasteiger partial charge on any atom is 0.322 e. The average molecular weight is 348 g/mol. The minimum atomic E-state index is -0.900. The Hall–Kier alpha value is -2.08. The molecule has 2 fully saturated rings. The Bertz CT molecular complexity index is 747. The zero-order chi connectivity index (χ0) is 16.9. The zero-order valence-corrected chi connectivity index (χ0v) is 13.9. The predicted molar refractivity (Wildman–Crippen MR) is 87.1 cm³/mol. The van der Waals surface area contributed by atoms with Crippen LogP contribution in [-0.2, 0) is 22.7 Å². The Morgan fingerprint density at radius 3 is 2.67 bits per heavy atom. The summed E-state index contributed by atoms with van der Waals surface area (Å²) in [5.74, 6) is -0.151. The maximum atomic E-state index is 12.6. The van der Waals surface area contributed by atoms with Crippen LogP contribution in [0.4, 0.5) is 4.79 Å². The molecule has 1 aromatic rings. The van der Waals surface area contributed by atoms with Crippen molar-refractivity contribution in [3.05, 3.63) is 34.3 Å². The number of nitrogens with zero attached hydrogens (tertiary/aromatic N) is 1. The lowest BCUT2D eigenvalue weighted by molar-refractivity contribution is -0.133. The number of amides is 4. The second-order valence-electron chi connectivity index (χ2n) is 6.82. The Morgan fingerprint density at radius 1 is 1.25 bits per heavy atom. The van der Waals surface area contributed by atoms with Gasteiger partial charge in [0.25, 0.3) is 5.91 Å². The zero-order valence-electron chi connectivity index (χ0n) is 13.1. The highest BCUT2D eigenvalue weighted by Gasteiger charge is 2.55. The third-order valence-electron chi connectivity index (χ3n) is 5.22. The van der Waals surface area contributed by atoms with Crippen LogP contribution in [0.15, 0.2) is 18.2 Å². The molecule has 2 heterocycles. The summed E-state index contributed by atoms with van der Waals surface area (Å²) in [4.78, 5) is 38.1. The summed E-state index contributed by atoms with van der Waals surface area (Å²) in [5, 5.41) is 5.74. The highest BCUT2D eigenvalue weighted by Crippen LogP contribution is 2.44. The molecule has 126 valence electrons. The van der Waals surface area contributed by atoms with E-state index in [2.05, 4.69) is 10.6 Å². The molecule has 0 spiro atoms. The molecule has 24 heavy (non-hydrogen) atoms. The van der Waals surface area contributed by atoms with Crippen LogP contribution in [0, 0.1) is 5.92 Å². The Kier molecular flexibility index (Phi) is 3.53. The second kappa shape index (κ2) is 5.48. The van der Waals surface area contributed by atoms with Gasteiger partial charge in [-0.3, -0.25) is 14.9 Å². The quantitative estimate of drug-likeness (QED) is 0.817. The van der Waals surface area contributed by atoms with E-state index in [1.807, 2.05) is 18.2 Å². The van der Waals surface area contributed by atoms with Crippen molar-refractivity contribution in [1.29, 1.82) is 0 Å². The number of nitrogens with one attached hydrogen (secondary N) is 2. The highest BCUT2D eigenvalue weighted by atomic mass is 35.5. The molecule has 0 bridgehead atoms. The lowest BCUT2D eigenvalue weighted by Crippen LogP contribution is -2.49. The van der Waals surface area contributed by atoms with E-state index in [0.717, 1.165) is 24.0 Å². The van der Waals surface area contributed by atoms with Gasteiger partial charge in [-0.25, -0.2) is 4.79 Å². The van der Waals surface area contributed by atoms with Crippen molar-refractivity contribution in [3.8, 4) is 0 Å². The molecule has 0 aromatic heterocycles. The van der Waals surface area contributed by atoms with Gasteiger partial charge < -0.3 is 10.2 Å². The SMILES string of the molecule is O=C1NC(=O)C(CCC(=O)N2Cc3ccc(Cl)cc3C2)(C2CC2)N1. The normalized spacial score (nSPS) is 25.5. The lowest BCUT2D eigenvalue weighted by atomic mass is 9.88. The molecule has 2 N–H and O–H groups in total. The molecule has 4 amide bonds. The number of urea groups is 1. The first-order chi connectivity index (χ1) is 11.5. The van der Waals surface area contributed by atoms with Crippen molar-refractivity contribution < 1.29 is 14.4 Å². The molecule has 0 radical (unpaired) electrons. The van der Waals surface area contributed by atoms with Crippen LogP contribution in [0.2, 0.25) is 5.02 Å². The molecular formula is C17H18ClN3O3. The summed E-state index contributed by atoms with van der Waals surface area (Å²) in [6.45, 7) is 1.12. The highest BCUT2D eigenvalue weighted by molar-refractivity contribution is 6.30. The molecule has 1 aromatic carbocycles. The van der Waals surface area contributed by atoms with Gasteiger partial charge in [0.1, 0.15) is 5.54 Å². The molecule has 1 saturated heterocycles. The monoisotopic (exact) mass is 347 g/mol. The van der Waals surface area contributed by atoms with Crippen LogP contribution in [-0.4, -0.2) is 28.3 Å². The van der Waals surface area contributed by atoms with Gasteiger partial charge in [0.05, 0.1) is 0 Å². The van der Waals surface area contributed by atoms with Gasteiger partial charge in [-0.05, 0) is 48.4 Å². The van der Waals surface area contributed by atoms with E-state index >= 15 is 0 Å². The standard InChI is InChI=1S/C17H18ClN3O3/c18-13-4-1-10-8-21(9-11(10)7-13)14(22)5-6-17(12-2-3-12)15(23)19-16(24)20-17/h1,4,7,12H,2-3,5-6,8-9H2,(H2,19,20,23,24). The topological polar surface area (TPSA) is 78.5 Å². The van der Waals surface area contributed by atoms with Gasteiger partial charge in [-0.1, -0.05) is 17.7 Å². The average Bonchev–Trinajstić information content (AvgIpc) is 3.24. The minimum Gasteiger partial charge on any atom is -0.334 e. The fraction of sp³-hybridized carbons (Fsp3) is 0.471. The number of benzene rings is 1. The lowest BCUT2D eigenvalue weighted by Gasteiger charge is -2.26. The number of hydrogen-bond acceptors (Lipinski definition) is 3. The third-order valence-corrected chi connectivity index (χ3v) is 5.45. The number of carbonyl (C=O) groups excluding carboxylic acids is 3. The van der Waals surface area contributed by atoms with E-state index in [1.165, 1.54) is 0 Å². The van der Waals surface area contributed by atoms with Crippen molar-refractivity contribution in [2.24, 2.45) is 5.92 Å². The van der Waals surface area contributed by atoms with Gasteiger partial charge in [0.15, 0.2) is 0 Å². The number of fused-ring (bicyclic) bond motifs is 1. The smallest absolute Gasteiger partial charge is 0.322 e. The molecule has 7 heteroatoms. The number of rotatable bonds is 4. The molecule has 4 rings (SSSR count). The van der Waals surface area contributed by atoms with Crippen LogP contribution < -0.4 is 10.6 Å². The van der Waals surface area contributed by atoms with E-state index in [1.54, 1.807) is 4.90 Å². The van der Waals surface area contributed by atoms with Gasteiger partial charge in [-0.15, -0.1) is 0 Å². The van der Waals surface area contributed by atoms with Crippen LogP contribution in [0.1, 0.15) is 36.8 Å². The van der Waals surface area contributed by atoms with Crippen molar-refractivity contribution in [1.82, 2.24) is 15.5 Å². The fourth-order valence-corrected chi connectivity index (χ4v) is 3.95. The Labute approximate surface area is 144 Å². The van der Waals surface area contributed by atoms with Crippen LogP contribution in [0.5, 0.6) is 0 Å². The Morgan fingerprint density at radius 2 is 2.00 bits per heavy atom. The van der Waals surface area contributed by atoms with Gasteiger partial charge in [0.2, 0.25) is 5.91 Å². The number of carbonyl (C=O) groups is 3. The number of hydrogen-bond donors (Lipinski definition) is 2. The maximum absolute atomic E-state index is 12.6. The predicted octanol–water partition coefficient (Wildman–Crippen LogP) is 1.95. The van der Waals surface area contributed by atoms with E-state index in [9.17, 15) is 14.4 Å². The molecule has 1 aliphatic carbocycles. The number of imide groups is 1. The third kappa shape index (κ3) is 2.55. The van der Waals surface area contributed by atoms with Crippen LogP contribution in [0.25, 0.3) is 0 Å². The summed E-state index contributed by atoms with van der Waals surface area (Å²) < 4.78 is 0. The summed E-state index contributed by atoms with van der Waals surface area (Å²) >= 11 is 6.00. The summed E-state index contributed by atoms with van der Waals surface area (Å²) in [5.41, 5.74) is 1.28. The van der Waals surface area contributed by atoms with E-state index in [0.29, 0.717) is 24.5 Å². The van der Waals surface area contributed by atoms with Crippen molar-refractivity contribution in [3.63, 3.8) is 0 Å². The number of halogens is 1. The van der Waals surface area contributed by atoms with Crippen LogP contribution in [0.3, 0.4) is 0 Å². The van der Waals surface area contributed by atoms with Gasteiger partial charge >= 0.3 is 6.03 Å². The molecule has 6 nitrogen and oxygen atoms in total. The minimum absolute atomic E-state index is 0.00343. The first-order valence-electron chi connectivity index (χ1n) is 8.16. The fourth-order valence-electron chi connectivity index (χ4n) is 3.75. The largest absolute Gasteiger partial charge is 0.334 e. The van der Waals surface area contributed by atoms with Crippen molar-refractivity contribution in [2.75, 3.05) is 0 Å². The molecule has 3 aliphatic rings. The molecule has 1 unspecified atom stereocenters. The molecule has 1 atom stereocenters. The van der Waals surface area contributed by atoms with E-state index in [-0.39, 0.29) is 24.2 Å². The van der Waals surface area contributed by atoms with Crippen molar-refractivity contribution >= 4 is 29.4 Å². The molecule has 1 saturated carbocycles.